The number of hydrogen-bond acceptors (Lipinski definition) is 7. The van der Waals surface area contributed by atoms with Gasteiger partial charge in [-0.3, -0.25) is 9.59 Å². The van der Waals surface area contributed by atoms with Crippen molar-refractivity contribution in [2.45, 2.75) is 206 Å². The summed E-state index contributed by atoms with van der Waals surface area (Å²) < 4.78 is 16.4. The fourth-order valence-corrected chi connectivity index (χ4v) is 6.00. The minimum absolute atomic E-state index is 0.102. The second kappa shape index (κ2) is 37.4. The molecule has 1 unspecified atom stereocenters. The Balaban J connectivity index is 4.22. The second-order valence-corrected chi connectivity index (χ2v) is 14.5. The predicted molar refractivity (Wildman–Crippen MR) is 204 cm³/mol. The van der Waals surface area contributed by atoms with Crippen molar-refractivity contribution >= 4 is 18.0 Å². The molecule has 0 fully saturated rings. The summed E-state index contributed by atoms with van der Waals surface area (Å²) >= 11 is 0. The largest absolute Gasteiger partial charge is 0.462 e. The van der Waals surface area contributed by atoms with E-state index >= 15 is 0 Å². The SMILES string of the molecule is CCCCCCCCCCCCCCCC(=O)OCC(COC(=O)NCCCN(C)C)OC(=O)CCCCCCCCCCCCCCC. The molecule has 0 saturated heterocycles. The second-order valence-electron chi connectivity index (χ2n) is 14.5. The molecule has 0 aliphatic carbocycles. The van der Waals surface area contributed by atoms with E-state index in [0.717, 1.165) is 51.5 Å². The molecular formula is C41H80N2O6. The summed E-state index contributed by atoms with van der Waals surface area (Å²) in [5, 5.41) is 2.72. The van der Waals surface area contributed by atoms with Gasteiger partial charge < -0.3 is 24.4 Å². The highest BCUT2D eigenvalue weighted by atomic mass is 16.6. The zero-order chi connectivity index (χ0) is 36.0. The van der Waals surface area contributed by atoms with Crippen LogP contribution in [0.3, 0.4) is 0 Å². The maximum Gasteiger partial charge on any atom is 0.407 e. The van der Waals surface area contributed by atoms with Crippen molar-refractivity contribution in [3.8, 4) is 0 Å². The van der Waals surface area contributed by atoms with E-state index in [2.05, 4.69) is 19.2 Å². The highest BCUT2D eigenvalue weighted by Gasteiger charge is 2.19. The van der Waals surface area contributed by atoms with E-state index < -0.39 is 12.2 Å². The van der Waals surface area contributed by atoms with E-state index in [1.54, 1.807) is 0 Å². The van der Waals surface area contributed by atoms with Crippen molar-refractivity contribution in [2.75, 3.05) is 40.4 Å². The average Bonchev–Trinajstić information content (AvgIpc) is 3.08. The van der Waals surface area contributed by atoms with Crippen molar-refractivity contribution in [1.29, 1.82) is 0 Å². The molecule has 8 heteroatoms. The van der Waals surface area contributed by atoms with Crippen LogP contribution in [0.4, 0.5) is 4.79 Å². The van der Waals surface area contributed by atoms with Gasteiger partial charge in [-0.2, -0.15) is 0 Å². The maximum absolute atomic E-state index is 12.6. The Morgan fingerprint density at radius 2 is 0.857 bits per heavy atom. The number of rotatable bonds is 37. The summed E-state index contributed by atoms with van der Waals surface area (Å²) in [5.74, 6) is -0.635. The molecular weight excluding hydrogens is 616 g/mol. The van der Waals surface area contributed by atoms with Gasteiger partial charge in [0.2, 0.25) is 0 Å². The first-order valence-electron chi connectivity index (χ1n) is 20.8. The first kappa shape index (κ1) is 47.2. The van der Waals surface area contributed by atoms with Crippen LogP contribution in [0.1, 0.15) is 200 Å². The quantitative estimate of drug-likeness (QED) is 0.0392. The number of amides is 1. The van der Waals surface area contributed by atoms with Crippen LogP contribution < -0.4 is 5.32 Å². The summed E-state index contributed by atoms with van der Waals surface area (Å²) in [6.07, 6.45) is 32.5. The fraction of sp³-hybridized carbons (Fsp3) is 0.927. The highest BCUT2D eigenvalue weighted by Crippen LogP contribution is 2.15. The third-order valence-electron chi connectivity index (χ3n) is 9.15. The van der Waals surface area contributed by atoms with Crippen molar-refractivity contribution in [3.63, 3.8) is 0 Å². The van der Waals surface area contributed by atoms with Gasteiger partial charge in [0.15, 0.2) is 6.10 Å². The highest BCUT2D eigenvalue weighted by molar-refractivity contribution is 5.70. The zero-order valence-electron chi connectivity index (χ0n) is 32.8. The van der Waals surface area contributed by atoms with Gasteiger partial charge in [0.25, 0.3) is 0 Å². The molecule has 1 N–H and O–H groups in total. The molecule has 0 bridgehead atoms. The summed E-state index contributed by atoms with van der Waals surface area (Å²) in [5.41, 5.74) is 0. The lowest BCUT2D eigenvalue weighted by Crippen LogP contribution is -2.34. The topological polar surface area (TPSA) is 94.2 Å². The van der Waals surface area contributed by atoms with Crippen LogP contribution >= 0.6 is 0 Å². The minimum Gasteiger partial charge on any atom is -0.462 e. The van der Waals surface area contributed by atoms with Crippen LogP contribution in [0.5, 0.6) is 0 Å². The number of nitrogens with one attached hydrogen (secondary N) is 1. The molecule has 0 spiro atoms. The Kier molecular flexibility index (Phi) is 36.0. The Bertz CT molecular complexity index is 748. The molecule has 0 aliphatic rings. The van der Waals surface area contributed by atoms with Gasteiger partial charge in [0, 0.05) is 19.4 Å². The van der Waals surface area contributed by atoms with Crippen LogP contribution in [0, 0.1) is 0 Å². The van der Waals surface area contributed by atoms with Crippen molar-refractivity contribution in [2.24, 2.45) is 0 Å². The molecule has 49 heavy (non-hydrogen) atoms. The first-order chi connectivity index (χ1) is 23.9. The molecule has 1 amide bonds. The molecule has 0 aliphatic heterocycles. The van der Waals surface area contributed by atoms with E-state index in [1.165, 1.54) is 128 Å². The van der Waals surface area contributed by atoms with Crippen LogP contribution in [-0.4, -0.2) is 69.4 Å². The molecule has 1 atom stereocenters. The summed E-state index contributed by atoms with van der Waals surface area (Å²) in [4.78, 5) is 39.3. The van der Waals surface area contributed by atoms with Crippen molar-refractivity contribution in [3.05, 3.63) is 0 Å². The molecule has 0 aromatic carbocycles. The van der Waals surface area contributed by atoms with Gasteiger partial charge in [0.1, 0.15) is 13.2 Å². The van der Waals surface area contributed by atoms with Crippen molar-refractivity contribution < 1.29 is 28.6 Å². The normalized spacial score (nSPS) is 11.9. The van der Waals surface area contributed by atoms with Crippen LogP contribution in [0.15, 0.2) is 0 Å². The molecule has 0 aromatic rings. The molecule has 0 saturated carbocycles. The lowest BCUT2D eigenvalue weighted by Gasteiger charge is -2.18. The summed E-state index contributed by atoms with van der Waals surface area (Å²) in [7, 11) is 3.96. The van der Waals surface area contributed by atoms with Gasteiger partial charge in [-0.25, -0.2) is 4.79 Å². The predicted octanol–water partition coefficient (Wildman–Crippen LogP) is 11.1. The van der Waals surface area contributed by atoms with E-state index in [-0.39, 0.29) is 25.2 Å². The Morgan fingerprint density at radius 1 is 0.490 bits per heavy atom. The number of esters is 2. The van der Waals surface area contributed by atoms with E-state index in [1.807, 2.05) is 19.0 Å². The number of hydrogen-bond donors (Lipinski definition) is 1. The number of alkyl carbamates (subject to hydrolysis) is 1. The average molecular weight is 697 g/mol. The lowest BCUT2D eigenvalue weighted by molar-refractivity contribution is -0.161. The molecule has 0 rings (SSSR count). The van der Waals surface area contributed by atoms with Crippen LogP contribution in [-0.2, 0) is 23.8 Å². The van der Waals surface area contributed by atoms with E-state index in [9.17, 15) is 14.4 Å². The number of carbonyl (C=O) groups excluding carboxylic acids is 3. The number of carbonyl (C=O) groups is 3. The van der Waals surface area contributed by atoms with Crippen LogP contribution in [0.25, 0.3) is 0 Å². The Hall–Kier alpha value is -1.83. The van der Waals surface area contributed by atoms with Gasteiger partial charge >= 0.3 is 18.0 Å². The van der Waals surface area contributed by atoms with E-state index in [0.29, 0.717) is 19.4 Å². The third kappa shape index (κ3) is 37.3. The first-order valence-corrected chi connectivity index (χ1v) is 20.8. The Morgan fingerprint density at radius 3 is 1.27 bits per heavy atom. The number of nitrogens with zero attached hydrogens (tertiary/aromatic N) is 1. The monoisotopic (exact) mass is 697 g/mol. The van der Waals surface area contributed by atoms with Gasteiger partial charge in [-0.05, 0) is 39.9 Å². The molecule has 290 valence electrons. The summed E-state index contributed by atoms with van der Waals surface area (Å²) in [6, 6.07) is 0. The fourth-order valence-electron chi connectivity index (χ4n) is 6.00. The standard InChI is InChI=1S/C41H80N2O6/c1-5-7-9-11-13-15-17-19-21-23-25-27-29-32-39(44)47-36-38(37-48-41(46)42-34-31-35-43(3)4)49-40(45)33-30-28-26-24-22-20-18-16-14-12-10-8-6-2/h38H,5-37H2,1-4H3,(H,42,46). The molecule has 8 nitrogen and oxygen atoms in total. The third-order valence-corrected chi connectivity index (χ3v) is 9.15. The van der Waals surface area contributed by atoms with E-state index in [4.69, 9.17) is 14.2 Å². The van der Waals surface area contributed by atoms with Crippen LogP contribution in [0.2, 0.25) is 0 Å². The molecule has 0 radical (unpaired) electrons. The summed E-state index contributed by atoms with van der Waals surface area (Å²) in [6.45, 7) is 5.62. The van der Waals surface area contributed by atoms with Gasteiger partial charge in [-0.1, -0.05) is 168 Å². The van der Waals surface area contributed by atoms with Gasteiger partial charge in [0.05, 0.1) is 0 Å². The molecule has 0 heterocycles. The maximum atomic E-state index is 12.6. The molecule has 0 aromatic heterocycles. The van der Waals surface area contributed by atoms with Crippen molar-refractivity contribution in [1.82, 2.24) is 10.2 Å². The number of unbranched alkanes of at least 4 members (excludes halogenated alkanes) is 24. The zero-order valence-corrected chi connectivity index (χ0v) is 32.8. The smallest absolute Gasteiger partial charge is 0.407 e. The van der Waals surface area contributed by atoms with Gasteiger partial charge in [-0.15, -0.1) is 0 Å². The lowest BCUT2D eigenvalue weighted by atomic mass is 10.0. The Labute approximate surface area is 302 Å². The minimum atomic E-state index is -0.808. The number of ether oxygens (including phenoxy) is 3.